The van der Waals surface area contributed by atoms with Crippen molar-refractivity contribution in [1.82, 2.24) is 19.9 Å². The van der Waals surface area contributed by atoms with E-state index in [0.29, 0.717) is 37.1 Å². The predicted octanol–water partition coefficient (Wildman–Crippen LogP) is 2.64. The summed E-state index contributed by atoms with van der Waals surface area (Å²) in [6, 6.07) is 7.60. The number of rotatable bonds is 8. The molecule has 0 atom stereocenters. The van der Waals surface area contributed by atoms with Gasteiger partial charge in [0.2, 0.25) is 17.6 Å². The van der Waals surface area contributed by atoms with E-state index >= 15 is 0 Å². The van der Waals surface area contributed by atoms with Crippen molar-refractivity contribution in [3.8, 4) is 17.1 Å². The van der Waals surface area contributed by atoms with Gasteiger partial charge in [0.25, 0.3) is 0 Å². The molecule has 8 heteroatoms. The lowest BCUT2D eigenvalue weighted by Crippen LogP contribution is -2.44. The molecule has 2 aliphatic heterocycles. The third kappa shape index (κ3) is 6.04. The molecule has 4 rings (SSSR count). The summed E-state index contributed by atoms with van der Waals surface area (Å²) in [5.74, 6) is 2.70. The molecule has 2 aromatic rings. The zero-order valence-electron chi connectivity index (χ0n) is 18.3. The lowest BCUT2D eigenvalue weighted by molar-refractivity contribution is -0.132. The first-order valence-corrected chi connectivity index (χ1v) is 11.3. The number of aromatic nitrogens is 2. The van der Waals surface area contributed by atoms with Crippen LogP contribution in [0.4, 0.5) is 0 Å². The van der Waals surface area contributed by atoms with Crippen LogP contribution < -0.4 is 4.74 Å². The number of hydrogen-bond donors (Lipinski definition) is 0. The molecule has 3 heterocycles. The number of hydrogen-bond acceptors (Lipinski definition) is 7. The highest BCUT2D eigenvalue weighted by molar-refractivity contribution is 5.76. The second kappa shape index (κ2) is 10.7. The summed E-state index contributed by atoms with van der Waals surface area (Å²) in [7, 11) is 0. The monoisotopic (exact) mass is 428 g/mol. The Bertz CT molecular complexity index is 824. The third-order valence-electron chi connectivity index (χ3n) is 6.03. The van der Waals surface area contributed by atoms with Crippen LogP contribution in [0.15, 0.2) is 28.8 Å². The summed E-state index contributed by atoms with van der Waals surface area (Å²) >= 11 is 0. The van der Waals surface area contributed by atoms with E-state index in [1.165, 1.54) is 0 Å². The van der Waals surface area contributed by atoms with Crippen LogP contribution in [0.5, 0.6) is 5.75 Å². The standard InChI is InChI=1S/C23H32N4O4/c1-2-30-20-5-3-19(4-6-20)23-24-21(31-25-23)7-8-22(28)27-11-9-18(10-12-27)17-26-13-15-29-16-14-26/h3-6,18H,2,7-17H2,1H3. The van der Waals surface area contributed by atoms with Gasteiger partial charge in [0.15, 0.2) is 0 Å². The van der Waals surface area contributed by atoms with Crippen LogP contribution in [0.3, 0.4) is 0 Å². The number of benzene rings is 1. The van der Waals surface area contributed by atoms with Gasteiger partial charge < -0.3 is 18.9 Å². The Morgan fingerprint density at radius 2 is 1.87 bits per heavy atom. The molecular formula is C23H32N4O4. The third-order valence-corrected chi connectivity index (χ3v) is 6.03. The van der Waals surface area contributed by atoms with E-state index < -0.39 is 0 Å². The minimum atomic E-state index is 0.172. The number of piperidine rings is 1. The number of ether oxygens (including phenoxy) is 2. The molecule has 8 nitrogen and oxygen atoms in total. The lowest BCUT2D eigenvalue weighted by Gasteiger charge is -2.36. The van der Waals surface area contributed by atoms with Crippen molar-refractivity contribution >= 4 is 5.91 Å². The molecular weight excluding hydrogens is 396 g/mol. The molecule has 2 saturated heterocycles. The van der Waals surface area contributed by atoms with Crippen LogP contribution in [0.25, 0.3) is 11.4 Å². The molecule has 0 aliphatic carbocycles. The molecule has 0 unspecified atom stereocenters. The minimum Gasteiger partial charge on any atom is -0.494 e. The van der Waals surface area contributed by atoms with Crippen molar-refractivity contribution in [1.29, 1.82) is 0 Å². The molecule has 1 aromatic carbocycles. The zero-order valence-corrected chi connectivity index (χ0v) is 18.3. The van der Waals surface area contributed by atoms with Gasteiger partial charge >= 0.3 is 0 Å². The van der Waals surface area contributed by atoms with E-state index in [4.69, 9.17) is 14.0 Å². The summed E-state index contributed by atoms with van der Waals surface area (Å²) in [5.41, 5.74) is 0.868. The van der Waals surface area contributed by atoms with E-state index in [-0.39, 0.29) is 5.91 Å². The number of carbonyl (C=O) groups is 1. The first-order chi connectivity index (χ1) is 15.2. The fraction of sp³-hybridized carbons (Fsp3) is 0.609. The van der Waals surface area contributed by atoms with Crippen LogP contribution in [0.1, 0.15) is 32.1 Å². The van der Waals surface area contributed by atoms with Crippen LogP contribution in [0.2, 0.25) is 0 Å². The van der Waals surface area contributed by atoms with Gasteiger partial charge in [-0.1, -0.05) is 5.16 Å². The molecule has 1 aromatic heterocycles. The Hall–Kier alpha value is -2.45. The highest BCUT2D eigenvalue weighted by Crippen LogP contribution is 2.22. The van der Waals surface area contributed by atoms with E-state index in [1.54, 1.807) is 0 Å². The number of aryl methyl sites for hydroxylation is 1. The number of amides is 1. The zero-order chi connectivity index (χ0) is 21.5. The molecule has 0 radical (unpaired) electrons. The van der Waals surface area contributed by atoms with Crippen molar-refractivity contribution in [2.24, 2.45) is 5.92 Å². The Kier molecular flexibility index (Phi) is 7.53. The van der Waals surface area contributed by atoms with Crippen molar-refractivity contribution in [2.45, 2.75) is 32.6 Å². The molecule has 0 spiro atoms. The van der Waals surface area contributed by atoms with Gasteiger partial charge in [-0.3, -0.25) is 9.69 Å². The number of morpholine rings is 1. The van der Waals surface area contributed by atoms with E-state index in [9.17, 15) is 4.79 Å². The molecule has 31 heavy (non-hydrogen) atoms. The van der Waals surface area contributed by atoms with E-state index in [0.717, 1.165) is 70.1 Å². The van der Waals surface area contributed by atoms with Crippen LogP contribution >= 0.6 is 0 Å². The SMILES string of the molecule is CCOc1ccc(-c2noc(CCC(=O)N3CCC(CN4CCOCC4)CC3)n2)cc1. The average molecular weight is 429 g/mol. The number of likely N-dealkylation sites (tertiary alicyclic amines) is 1. The largest absolute Gasteiger partial charge is 0.494 e. The molecule has 0 bridgehead atoms. The average Bonchev–Trinajstić information content (AvgIpc) is 3.28. The van der Waals surface area contributed by atoms with Crippen LogP contribution in [0, 0.1) is 5.92 Å². The fourth-order valence-electron chi connectivity index (χ4n) is 4.23. The fourth-order valence-corrected chi connectivity index (χ4v) is 4.23. The topological polar surface area (TPSA) is 80.9 Å². The Balaban J connectivity index is 1.20. The number of carbonyl (C=O) groups excluding carboxylic acids is 1. The van der Waals surface area contributed by atoms with Crippen molar-refractivity contribution < 1.29 is 18.8 Å². The van der Waals surface area contributed by atoms with E-state index in [1.807, 2.05) is 36.1 Å². The Morgan fingerprint density at radius 3 is 2.58 bits per heavy atom. The Labute approximate surface area is 183 Å². The minimum absolute atomic E-state index is 0.172. The lowest BCUT2D eigenvalue weighted by atomic mass is 9.95. The van der Waals surface area contributed by atoms with E-state index in [2.05, 4.69) is 15.0 Å². The second-order valence-electron chi connectivity index (χ2n) is 8.21. The molecule has 0 N–H and O–H groups in total. The highest BCUT2D eigenvalue weighted by Gasteiger charge is 2.25. The van der Waals surface area contributed by atoms with Crippen LogP contribution in [-0.2, 0) is 16.0 Å². The van der Waals surface area contributed by atoms with Gasteiger partial charge in [-0.25, -0.2) is 0 Å². The van der Waals surface area contributed by atoms with Gasteiger partial charge in [-0.2, -0.15) is 4.98 Å². The normalized spacial score (nSPS) is 18.3. The van der Waals surface area contributed by atoms with Crippen molar-refractivity contribution in [3.05, 3.63) is 30.2 Å². The maximum atomic E-state index is 12.6. The quantitative estimate of drug-likeness (QED) is 0.639. The summed E-state index contributed by atoms with van der Waals surface area (Å²) in [6.07, 6.45) is 3.02. The smallest absolute Gasteiger partial charge is 0.227 e. The van der Waals surface area contributed by atoms with Gasteiger partial charge in [-0.15, -0.1) is 0 Å². The molecule has 1 amide bonds. The van der Waals surface area contributed by atoms with Gasteiger partial charge in [0.05, 0.1) is 19.8 Å². The van der Waals surface area contributed by atoms with Gasteiger partial charge in [0, 0.05) is 51.1 Å². The first kappa shape index (κ1) is 21.8. The summed E-state index contributed by atoms with van der Waals surface area (Å²) in [6.45, 7) is 9.14. The second-order valence-corrected chi connectivity index (χ2v) is 8.21. The highest BCUT2D eigenvalue weighted by atomic mass is 16.5. The summed E-state index contributed by atoms with van der Waals surface area (Å²) in [4.78, 5) is 21.6. The van der Waals surface area contributed by atoms with Gasteiger partial charge in [0.1, 0.15) is 5.75 Å². The maximum Gasteiger partial charge on any atom is 0.227 e. The molecule has 0 saturated carbocycles. The van der Waals surface area contributed by atoms with Crippen molar-refractivity contribution in [2.75, 3.05) is 52.5 Å². The summed E-state index contributed by atoms with van der Waals surface area (Å²) in [5, 5.41) is 4.05. The maximum absolute atomic E-state index is 12.6. The van der Waals surface area contributed by atoms with Gasteiger partial charge in [-0.05, 0) is 49.9 Å². The summed E-state index contributed by atoms with van der Waals surface area (Å²) < 4.78 is 16.2. The van der Waals surface area contributed by atoms with Crippen LogP contribution in [-0.4, -0.2) is 78.4 Å². The molecule has 2 aliphatic rings. The predicted molar refractivity (Wildman–Crippen MR) is 116 cm³/mol. The Morgan fingerprint density at radius 1 is 1.13 bits per heavy atom. The molecule has 168 valence electrons. The molecule has 2 fully saturated rings. The number of nitrogens with zero attached hydrogens (tertiary/aromatic N) is 4. The van der Waals surface area contributed by atoms with Crippen molar-refractivity contribution in [3.63, 3.8) is 0 Å². The first-order valence-electron chi connectivity index (χ1n) is 11.3.